The molecule has 0 saturated heterocycles. The Balaban J connectivity index is 0.000000143. The van der Waals surface area contributed by atoms with Crippen LogP contribution in [0.2, 0.25) is 0 Å². The number of rotatable bonds is 10. The van der Waals surface area contributed by atoms with E-state index < -0.39 is 36.3 Å². The molecule has 0 spiro atoms. The first-order valence-corrected chi connectivity index (χ1v) is 39.0. The first kappa shape index (κ1) is 55.6. The van der Waals surface area contributed by atoms with Crippen LogP contribution < -0.4 is 0 Å². The van der Waals surface area contributed by atoms with Gasteiger partial charge in [0.2, 0.25) is 0 Å². The summed E-state index contributed by atoms with van der Waals surface area (Å²) in [5, 5.41) is 13.9. The number of benzene rings is 16. The Labute approximate surface area is 675 Å². The molecule has 8 heterocycles. The van der Waals surface area contributed by atoms with Crippen molar-refractivity contribution in [3.8, 4) is 91.1 Å². The molecule has 0 bridgehead atoms. The molecule has 0 N–H and O–H groups in total. The monoisotopic (exact) mass is 1500 g/mol. The highest BCUT2D eigenvalue weighted by Crippen LogP contribution is 2.48. The summed E-state index contributed by atoms with van der Waals surface area (Å²) in [7, 11) is 0. The lowest BCUT2D eigenvalue weighted by Crippen LogP contribution is -2.00. The molecule has 8 aromatic heterocycles. The highest BCUT2D eigenvalue weighted by atomic mass is 32.1. The third-order valence-corrected chi connectivity index (χ3v) is 23.9. The summed E-state index contributed by atoms with van der Waals surface area (Å²) in [6, 6.07) is 105. The summed E-state index contributed by atoms with van der Waals surface area (Å²) in [5.74, 6) is 1.36. The smallest absolute Gasteiger partial charge is 0.164 e. The van der Waals surface area contributed by atoms with Crippen LogP contribution in [-0.4, -0.2) is 48.2 Å². The summed E-state index contributed by atoms with van der Waals surface area (Å²) in [6.45, 7) is 0. The minimum Gasteiger partial charge on any atom is -0.309 e. The van der Waals surface area contributed by atoms with Crippen molar-refractivity contribution in [2.24, 2.45) is 0 Å². The van der Waals surface area contributed by atoms with Crippen LogP contribution in [0.15, 0.2) is 376 Å². The minimum atomic E-state index is -0.472. The molecule has 24 aromatic rings. The standard InChI is InChI=1S/2C51H31N5S/c1-4-15-32(16-5-1)49-52-50(33-17-6-2-7-18-33)54-51(53-49)34-27-28-38-47(29-34)57-46-26-14-25-43(48(38)46)56-42-24-13-11-22-37(42)40-30-44-39(31-45(40)56)36-21-10-12-23-41(36)55(44)35-19-8-3-9-20-35;1-4-15-32(16-5-1)49-52-50(33-17-6-2-7-18-33)54-51(53-49)34-27-28-38-47(29-34)57-46-26-14-25-43(48(38)46)56-42-24-13-11-22-37(42)40-30-39-36-21-10-12-23-41(36)55(44(39)31-45(40)56)35-19-8-3-9-20-35/h2*1-31H/i2*1D,4D,5D,15D,16D. The second-order valence-corrected chi connectivity index (χ2v) is 30.3. The van der Waals surface area contributed by atoms with E-state index in [1.165, 1.54) is 43.1 Å². The average molecular weight is 1500 g/mol. The van der Waals surface area contributed by atoms with E-state index in [9.17, 15) is 0 Å². The number of fused-ring (bicyclic) bond motifs is 18. The summed E-state index contributed by atoms with van der Waals surface area (Å²) < 4.78 is 98.4. The summed E-state index contributed by atoms with van der Waals surface area (Å²) in [6.07, 6.45) is 0. The topological polar surface area (TPSA) is 97.1 Å². The van der Waals surface area contributed by atoms with Crippen LogP contribution in [0.3, 0.4) is 0 Å². The van der Waals surface area contributed by atoms with E-state index in [4.69, 9.17) is 33.6 Å². The van der Waals surface area contributed by atoms with Gasteiger partial charge in [-0.15, -0.1) is 22.7 Å². The van der Waals surface area contributed by atoms with Gasteiger partial charge in [0.25, 0.3) is 0 Å². The molecule has 0 unspecified atom stereocenters. The molecule has 12 heteroatoms. The Bertz CT molecular complexity index is 8580. The van der Waals surface area contributed by atoms with Gasteiger partial charge in [-0.3, -0.25) is 0 Å². The van der Waals surface area contributed by atoms with Gasteiger partial charge in [-0.2, -0.15) is 0 Å². The minimum absolute atomic E-state index is 0.0105. The van der Waals surface area contributed by atoms with E-state index >= 15 is 0 Å². The van der Waals surface area contributed by atoms with Gasteiger partial charge in [-0.05, 0) is 109 Å². The molecule has 0 saturated carbocycles. The molecule has 0 atom stereocenters. The maximum absolute atomic E-state index is 8.71. The molecule has 24 rings (SSSR count). The first-order valence-electron chi connectivity index (χ1n) is 42.4. The molecule has 532 valence electrons. The van der Waals surface area contributed by atoms with Crippen LogP contribution >= 0.6 is 22.7 Å². The van der Waals surface area contributed by atoms with E-state index in [1.807, 2.05) is 72.8 Å². The molecule has 0 amide bonds. The van der Waals surface area contributed by atoms with Crippen LogP contribution in [0.1, 0.15) is 13.7 Å². The average Bonchev–Trinajstić information content (AvgIpc) is 1.55. The van der Waals surface area contributed by atoms with Crippen LogP contribution in [0, 0.1) is 0 Å². The zero-order chi connectivity index (χ0) is 83.6. The van der Waals surface area contributed by atoms with Gasteiger partial charge in [0.1, 0.15) is 0 Å². The summed E-state index contributed by atoms with van der Waals surface area (Å²) >= 11 is 3.38. The molecular formula is C102H62N10S2. The third kappa shape index (κ3) is 10.6. The Morgan fingerprint density at radius 3 is 0.921 bits per heavy atom. The zero-order valence-corrected chi connectivity index (χ0v) is 61.9. The van der Waals surface area contributed by atoms with Gasteiger partial charge >= 0.3 is 0 Å². The fourth-order valence-corrected chi connectivity index (χ4v) is 19.1. The summed E-state index contributed by atoms with van der Waals surface area (Å²) in [5.41, 5.74) is 16.2. The van der Waals surface area contributed by atoms with E-state index in [-0.39, 0.29) is 46.9 Å². The van der Waals surface area contributed by atoms with Gasteiger partial charge in [-0.1, -0.05) is 267 Å². The Morgan fingerprint density at radius 2 is 0.518 bits per heavy atom. The van der Waals surface area contributed by atoms with Crippen molar-refractivity contribution in [3.05, 3.63) is 376 Å². The second kappa shape index (κ2) is 26.5. The van der Waals surface area contributed by atoms with Crippen molar-refractivity contribution in [1.29, 1.82) is 0 Å². The number of nitrogens with zero attached hydrogens (tertiary/aromatic N) is 10. The quantitative estimate of drug-likeness (QED) is 0.135. The van der Waals surface area contributed by atoms with Gasteiger partial charge in [-0.25, -0.2) is 29.9 Å². The maximum Gasteiger partial charge on any atom is 0.164 e. The highest BCUT2D eigenvalue weighted by molar-refractivity contribution is 7.26. The van der Waals surface area contributed by atoms with Crippen LogP contribution in [0.5, 0.6) is 0 Å². The lowest BCUT2D eigenvalue weighted by atomic mass is 10.1. The number of hydrogen-bond acceptors (Lipinski definition) is 8. The van der Waals surface area contributed by atoms with Gasteiger partial charge in [0.05, 0.1) is 69.2 Å². The van der Waals surface area contributed by atoms with Crippen molar-refractivity contribution >= 4 is 150 Å². The molecule has 10 nitrogen and oxygen atoms in total. The first-order chi connectivity index (χ1) is 60.7. The largest absolute Gasteiger partial charge is 0.309 e. The summed E-state index contributed by atoms with van der Waals surface area (Å²) in [4.78, 5) is 28.8. The molecule has 0 aliphatic carbocycles. The van der Waals surface area contributed by atoms with Crippen molar-refractivity contribution < 1.29 is 13.7 Å². The fourth-order valence-electron chi connectivity index (χ4n) is 16.7. The van der Waals surface area contributed by atoms with Crippen molar-refractivity contribution in [2.45, 2.75) is 0 Å². The van der Waals surface area contributed by atoms with Crippen LogP contribution in [-0.2, 0) is 0 Å². The van der Waals surface area contributed by atoms with Crippen LogP contribution in [0.25, 0.3) is 219 Å². The number of para-hydroxylation sites is 6. The van der Waals surface area contributed by atoms with Gasteiger partial charge < -0.3 is 18.3 Å². The second-order valence-electron chi connectivity index (χ2n) is 28.1. The van der Waals surface area contributed by atoms with Crippen molar-refractivity contribution in [3.63, 3.8) is 0 Å². The normalized spacial score (nSPS) is 13.1. The fraction of sp³-hybridized carbons (Fsp3) is 0. The number of aromatic nitrogens is 10. The van der Waals surface area contributed by atoms with E-state index in [0.717, 1.165) is 107 Å². The number of thiophene rings is 2. The lowest BCUT2D eigenvalue weighted by molar-refractivity contribution is 1.07. The number of hydrogen-bond donors (Lipinski definition) is 0. The third-order valence-electron chi connectivity index (χ3n) is 21.7. The molecule has 0 fully saturated rings. The van der Waals surface area contributed by atoms with Gasteiger partial charge in [0, 0.05) is 128 Å². The SMILES string of the molecule is [2H]c1c([2H])c([2H])c(-c2nc(-c3ccccc3)nc(-c3ccc4c(c3)sc3cccc(-n5c6ccccc6c6cc7c(cc65)c5ccccc5n7-c5ccccc5)c34)n2)c([2H])c1[2H].[2H]c1c([2H])c([2H])c(-c2nc(-c3ccccc3)nc(-c3ccc4c(c3)sc3cccc(-n5c6ccccc6c6cc7c8ccccc8n(-c8ccccc8)c7cc65)c34)n2)c([2H])c1[2H]. The lowest BCUT2D eigenvalue weighted by Gasteiger charge is -2.12. The molecule has 0 radical (unpaired) electrons. The van der Waals surface area contributed by atoms with E-state index in [1.54, 1.807) is 22.7 Å². The van der Waals surface area contributed by atoms with Crippen LogP contribution in [0.4, 0.5) is 0 Å². The van der Waals surface area contributed by atoms with E-state index in [0.29, 0.717) is 45.6 Å². The Hall–Kier alpha value is -14.8. The van der Waals surface area contributed by atoms with Crippen molar-refractivity contribution in [2.75, 3.05) is 0 Å². The predicted molar refractivity (Wildman–Crippen MR) is 475 cm³/mol. The Kier molecular flexibility index (Phi) is 12.9. The molecular weight excluding hydrogens is 1430 g/mol. The Morgan fingerprint density at radius 1 is 0.202 bits per heavy atom. The zero-order valence-electron chi connectivity index (χ0n) is 70.3. The molecule has 114 heavy (non-hydrogen) atoms. The molecule has 16 aromatic carbocycles. The van der Waals surface area contributed by atoms with Gasteiger partial charge in [0.15, 0.2) is 34.9 Å². The maximum atomic E-state index is 8.71. The molecule has 0 aliphatic heterocycles. The predicted octanol–water partition coefficient (Wildman–Crippen LogP) is 26.9. The van der Waals surface area contributed by atoms with Crippen molar-refractivity contribution in [1.82, 2.24) is 48.2 Å². The van der Waals surface area contributed by atoms with E-state index in [2.05, 4.69) is 271 Å². The molecule has 0 aliphatic rings. The highest BCUT2D eigenvalue weighted by Gasteiger charge is 2.25.